The summed E-state index contributed by atoms with van der Waals surface area (Å²) in [4.78, 5) is 26.3. The topological polar surface area (TPSA) is 61.4 Å². The Morgan fingerprint density at radius 2 is 2.05 bits per heavy atom. The number of nitrogens with zero attached hydrogens (tertiary/aromatic N) is 1. The molecule has 0 bridgehead atoms. The van der Waals surface area contributed by atoms with Crippen molar-refractivity contribution in [3.8, 4) is 0 Å². The van der Waals surface area contributed by atoms with Crippen molar-refractivity contribution < 1.29 is 9.59 Å². The Morgan fingerprint density at radius 3 is 2.73 bits per heavy atom. The molecular weight excluding hydrogens is 278 g/mol. The lowest BCUT2D eigenvalue weighted by atomic mass is 10.2. The van der Waals surface area contributed by atoms with Crippen LogP contribution in [0.4, 0.5) is 4.79 Å². The molecule has 1 heterocycles. The second-order valence-corrected chi connectivity index (χ2v) is 5.81. The Balaban J connectivity index is 1.89. The van der Waals surface area contributed by atoms with E-state index in [4.69, 9.17) is 0 Å². The largest absolute Gasteiger partial charge is 0.350 e. The third kappa shape index (κ3) is 4.23. The van der Waals surface area contributed by atoms with Crippen molar-refractivity contribution in [2.75, 3.05) is 6.54 Å². The van der Waals surface area contributed by atoms with E-state index in [1.165, 1.54) is 0 Å². The van der Waals surface area contributed by atoms with Crippen LogP contribution in [0.15, 0.2) is 30.3 Å². The fourth-order valence-corrected chi connectivity index (χ4v) is 2.58. The van der Waals surface area contributed by atoms with Crippen LogP contribution >= 0.6 is 0 Å². The Hall–Kier alpha value is -2.04. The number of urea groups is 1. The Morgan fingerprint density at radius 1 is 1.32 bits per heavy atom. The van der Waals surface area contributed by atoms with Gasteiger partial charge in [0.15, 0.2) is 0 Å². The summed E-state index contributed by atoms with van der Waals surface area (Å²) >= 11 is 0. The minimum atomic E-state index is -0.354. The van der Waals surface area contributed by atoms with Gasteiger partial charge in [0.25, 0.3) is 0 Å². The van der Waals surface area contributed by atoms with Crippen molar-refractivity contribution in [1.29, 1.82) is 0 Å². The molecule has 2 rings (SSSR count). The van der Waals surface area contributed by atoms with E-state index in [2.05, 4.69) is 10.6 Å². The number of amides is 3. The van der Waals surface area contributed by atoms with Gasteiger partial charge >= 0.3 is 6.03 Å². The molecule has 2 atom stereocenters. The summed E-state index contributed by atoms with van der Waals surface area (Å²) in [5.74, 6) is -0.0688. The monoisotopic (exact) mass is 303 g/mol. The molecule has 22 heavy (non-hydrogen) atoms. The fraction of sp³-hybridized carbons (Fsp3) is 0.529. The van der Waals surface area contributed by atoms with Gasteiger partial charge < -0.3 is 15.5 Å². The number of carbonyl (C=O) groups is 2. The first kappa shape index (κ1) is 16.3. The van der Waals surface area contributed by atoms with Crippen molar-refractivity contribution >= 4 is 11.9 Å². The molecular formula is C17H25N3O2. The van der Waals surface area contributed by atoms with Gasteiger partial charge in [0.1, 0.15) is 6.04 Å². The van der Waals surface area contributed by atoms with Crippen LogP contribution < -0.4 is 10.6 Å². The summed E-state index contributed by atoms with van der Waals surface area (Å²) in [6.45, 7) is 5.14. The molecule has 1 aromatic carbocycles. The molecule has 0 spiro atoms. The highest BCUT2D eigenvalue weighted by atomic mass is 16.2. The number of hydrogen-bond donors (Lipinski definition) is 2. The summed E-state index contributed by atoms with van der Waals surface area (Å²) in [5, 5.41) is 5.87. The number of benzene rings is 1. The third-order valence-electron chi connectivity index (χ3n) is 4.11. The quantitative estimate of drug-likeness (QED) is 0.876. The predicted molar refractivity (Wildman–Crippen MR) is 86.3 cm³/mol. The van der Waals surface area contributed by atoms with Gasteiger partial charge in [0, 0.05) is 19.1 Å². The van der Waals surface area contributed by atoms with Crippen molar-refractivity contribution in [3.63, 3.8) is 0 Å². The highest BCUT2D eigenvalue weighted by Crippen LogP contribution is 2.18. The zero-order valence-corrected chi connectivity index (χ0v) is 13.3. The maximum Gasteiger partial charge on any atom is 0.318 e. The molecule has 0 aromatic heterocycles. The number of nitrogens with one attached hydrogen (secondary N) is 2. The normalized spacial score (nSPS) is 18.8. The van der Waals surface area contributed by atoms with Crippen LogP contribution in [0.2, 0.25) is 0 Å². The maximum atomic E-state index is 12.4. The molecule has 3 amide bonds. The number of hydrogen-bond acceptors (Lipinski definition) is 2. The highest BCUT2D eigenvalue weighted by Gasteiger charge is 2.34. The molecule has 0 radical (unpaired) electrons. The molecule has 1 aliphatic rings. The van der Waals surface area contributed by atoms with E-state index in [1.807, 2.05) is 44.2 Å². The molecule has 0 saturated carbocycles. The molecule has 1 fully saturated rings. The first-order valence-electron chi connectivity index (χ1n) is 8.00. The molecule has 2 unspecified atom stereocenters. The lowest BCUT2D eigenvalue weighted by Gasteiger charge is -2.26. The zero-order chi connectivity index (χ0) is 15.9. The standard InChI is InChI=1S/C17H25N3O2/c1-3-13(2)19-17(22)20-11-7-10-15(20)16(21)18-12-14-8-5-4-6-9-14/h4-6,8-9,13,15H,3,7,10-12H2,1-2H3,(H,18,21)(H,19,22). The van der Waals surface area contributed by atoms with Crippen molar-refractivity contribution in [2.45, 2.75) is 51.7 Å². The number of likely N-dealkylation sites (tertiary alicyclic amines) is 1. The second kappa shape index (κ2) is 7.82. The van der Waals surface area contributed by atoms with Crippen LogP contribution in [-0.2, 0) is 11.3 Å². The molecule has 1 aromatic rings. The predicted octanol–water partition coefficient (Wildman–Crippen LogP) is 2.28. The average Bonchev–Trinajstić information content (AvgIpc) is 3.03. The van der Waals surface area contributed by atoms with Crippen molar-refractivity contribution in [1.82, 2.24) is 15.5 Å². The summed E-state index contributed by atoms with van der Waals surface area (Å²) in [6.07, 6.45) is 2.48. The molecule has 2 N–H and O–H groups in total. The Bertz CT molecular complexity index is 504. The van der Waals surface area contributed by atoms with Crippen LogP contribution in [0.1, 0.15) is 38.7 Å². The van der Waals surface area contributed by atoms with Gasteiger partial charge in [-0.15, -0.1) is 0 Å². The lowest BCUT2D eigenvalue weighted by Crippen LogP contribution is -2.51. The van der Waals surface area contributed by atoms with Gasteiger partial charge in [-0.25, -0.2) is 4.79 Å². The minimum Gasteiger partial charge on any atom is -0.350 e. The Labute approximate surface area is 132 Å². The number of carbonyl (C=O) groups excluding carboxylic acids is 2. The lowest BCUT2D eigenvalue weighted by molar-refractivity contribution is -0.124. The first-order chi connectivity index (χ1) is 10.6. The first-order valence-corrected chi connectivity index (χ1v) is 8.00. The van der Waals surface area contributed by atoms with Gasteiger partial charge in [-0.05, 0) is 31.7 Å². The summed E-state index contributed by atoms with van der Waals surface area (Å²) in [7, 11) is 0. The maximum absolute atomic E-state index is 12.4. The van der Waals surface area contributed by atoms with Gasteiger partial charge in [-0.2, -0.15) is 0 Å². The number of rotatable bonds is 5. The minimum absolute atomic E-state index is 0.0688. The highest BCUT2D eigenvalue weighted by molar-refractivity contribution is 5.87. The zero-order valence-electron chi connectivity index (χ0n) is 13.3. The van der Waals surface area contributed by atoms with Crippen LogP contribution in [0.5, 0.6) is 0 Å². The molecule has 1 aliphatic heterocycles. The van der Waals surface area contributed by atoms with Crippen molar-refractivity contribution in [2.24, 2.45) is 0 Å². The van der Waals surface area contributed by atoms with Gasteiger partial charge in [-0.1, -0.05) is 37.3 Å². The fourth-order valence-electron chi connectivity index (χ4n) is 2.58. The van der Waals surface area contributed by atoms with E-state index in [0.29, 0.717) is 13.1 Å². The van der Waals surface area contributed by atoms with E-state index in [0.717, 1.165) is 24.8 Å². The van der Waals surface area contributed by atoms with E-state index in [-0.39, 0.29) is 24.0 Å². The van der Waals surface area contributed by atoms with Crippen LogP contribution in [0.3, 0.4) is 0 Å². The van der Waals surface area contributed by atoms with E-state index >= 15 is 0 Å². The molecule has 0 aliphatic carbocycles. The molecule has 1 saturated heterocycles. The van der Waals surface area contributed by atoms with E-state index < -0.39 is 0 Å². The smallest absolute Gasteiger partial charge is 0.318 e. The summed E-state index contributed by atoms with van der Waals surface area (Å²) in [6, 6.07) is 9.43. The van der Waals surface area contributed by atoms with E-state index in [9.17, 15) is 9.59 Å². The average molecular weight is 303 g/mol. The second-order valence-electron chi connectivity index (χ2n) is 5.81. The Kier molecular flexibility index (Phi) is 5.81. The third-order valence-corrected chi connectivity index (χ3v) is 4.11. The van der Waals surface area contributed by atoms with Gasteiger partial charge in [0.05, 0.1) is 0 Å². The summed E-state index contributed by atoms with van der Waals surface area (Å²) in [5.41, 5.74) is 1.06. The molecule has 5 heteroatoms. The summed E-state index contributed by atoms with van der Waals surface area (Å²) < 4.78 is 0. The molecule has 5 nitrogen and oxygen atoms in total. The SMILES string of the molecule is CCC(C)NC(=O)N1CCCC1C(=O)NCc1ccccc1. The van der Waals surface area contributed by atoms with Crippen LogP contribution in [-0.4, -0.2) is 35.5 Å². The van der Waals surface area contributed by atoms with Crippen LogP contribution in [0.25, 0.3) is 0 Å². The van der Waals surface area contributed by atoms with Gasteiger partial charge in [-0.3, -0.25) is 4.79 Å². The van der Waals surface area contributed by atoms with Gasteiger partial charge in [0.2, 0.25) is 5.91 Å². The molecule has 120 valence electrons. The van der Waals surface area contributed by atoms with Crippen molar-refractivity contribution in [3.05, 3.63) is 35.9 Å². The van der Waals surface area contributed by atoms with Crippen LogP contribution in [0, 0.1) is 0 Å². The van der Waals surface area contributed by atoms with E-state index in [1.54, 1.807) is 4.90 Å².